The van der Waals surface area contributed by atoms with Crippen LogP contribution >= 0.6 is 0 Å². The number of nitrogens with one attached hydrogen (secondary N) is 1. The van der Waals surface area contributed by atoms with Gasteiger partial charge in [-0.3, -0.25) is 0 Å². The topological polar surface area (TPSA) is 35.5 Å². The van der Waals surface area contributed by atoms with E-state index in [1.54, 1.807) is 0 Å². The van der Waals surface area contributed by atoms with Crippen LogP contribution in [0.1, 0.15) is 40.0 Å². The number of piperidine rings is 1. The fourth-order valence-corrected chi connectivity index (χ4v) is 2.10. The van der Waals surface area contributed by atoms with Crippen LogP contribution in [0.15, 0.2) is 0 Å². The molecule has 0 amide bonds. The van der Waals surface area contributed by atoms with E-state index in [0.717, 1.165) is 6.54 Å². The fraction of sp³-hybridized carbons (Fsp3) is 1.00. The first kappa shape index (κ1) is 13.9. The Bertz CT molecular complexity index is 204. The zero-order valence-corrected chi connectivity index (χ0v) is 11.3. The number of hydrogen-bond acceptors (Lipinski definition) is 3. The third-order valence-electron chi connectivity index (χ3n) is 4.03. The highest BCUT2D eigenvalue weighted by Gasteiger charge is 2.25. The van der Waals surface area contributed by atoms with E-state index in [2.05, 4.69) is 31.1 Å². The Morgan fingerprint density at radius 1 is 1.44 bits per heavy atom. The van der Waals surface area contributed by atoms with Gasteiger partial charge in [-0.1, -0.05) is 20.3 Å². The van der Waals surface area contributed by atoms with Gasteiger partial charge in [0.25, 0.3) is 0 Å². The van der Waals surface area contributed by atoms with Crippen molar-refractivity contribution < 1.29 is 5.11 Å². The van der Waals surface area contributed by atoms with E-state index < -0.39 is 5.60 Å². The first-order chi connectivity index (χ1) is 7.43. The number of rotatable bonds is 5. The van der Waals surface area contributed by atoms with Gasteiger partial charge in [0.15, 0.2) is 0 Å². The van der Waals surface area contributed by atoms with Crippen LogP contribution in [0, 0.1) is 5.92 Å². The van der Waals surface area contributed by atoms with Crippen LogP contribution in [-0.2, 0) is 0 Å². The van der Waals surface area contributed by atoms with Gasteiger partial charge in [0.1, 0.15) is 0 Å². The molecule has 1 aliphatic heterocycles. The van der Waals surface area contributed by atoms with Crippen LogP contribution in [0.25, 0.3) is 0 Å². The normalized spacial score (nSPS) is 27.0. The van der Waals surface area contributed by atoms with Gasteiger partial charge in [-0.05, 0) is 39.3 Å². The van der Waals surface area contributed by atoms with Crippen LogP contribution in [0.2, 0.25) is 0 Å². The maximum absolute atomic E-state index is 10.1. The lowest BCUT2D eigenvalue weighted by Gasteiger charge is -2.34. The molecule has 0 aromatic carbocycles. The largest absolute Gasteiger partial charge is 0.389 e. The average molecular weight is 228 g/mol. The van der Waals surface area contributed by atoms with Gasteiger partial charge in [0, 0.05) is 19.1 Å². The minimum Gasteiger partial charge on any atom is -0.389 e. The predicted molar refractivity (Wildman–Crippen MR) is 68.6 cm³/mol. The van der Waals surface area contributed by atoms with E-state index in [1.165, 1.54) is 25.8 Å². The van der Waals surface area contributed by atoms with Crippen molar-refractivity contribution in [1.29, 1.82) is 0 Å². The lowest BCUT2D eigenvalue weighted by molar-refractivity contribution is 0.0124. The van der Waals surface area contributed by atoms with Crippen molar-refractivity contribution >= 4 is 0 Å². The van der Waals surface area contributed by atoms with Crippen LogP contribution in [0.4, 0.5) is 0 Å². The standard InChI is InChI=1S/C13H28N2O/c1-11(2)13(3,16)10-14-9-12-7-5-6-8-15(12)4/h11-12,14,16H,5-10H2,1-4H3. The Morgan fingerprint density at radius 3 is 2.69 bits per heavy atom. The van der Waals surface area contributed by atoms with Gasteiger partial charge >= 0.3 is 0 Å². The molecule has 0 spiro atoms. The molecule has 1 saturated heterocycles. The maximum atomic E-state index is 10.1. The van der Waals surface area contributed by atoms with Gasteiger partial charge in [0.05, 0.1) is 5.60 Å². The van der Waals surface area contributed by atoms with E-state index >= 15 is 0 Å². The van der Waals surface area contributed by atoms with Gasteiger partial charge in [-0.2, -0.15) is 0 Å². The van der Waals surface area contributed by atoms with E-state index in [-0.39, 0.29) is 0 Å². The minimum atomic E-state index is -0.590. The Labute approximate surface area is 100 Å². The number of likely N-dealkylation sites (tertiary alicyclic amines) is 1. The second kappa shape index (κ2) is 5.99. The highest BCUT2D eigenvalue weighted by Crippen LogP contribution is 2.16. The summed E-state index contributed by atoms with van der Waals surface area (Å²) in [6, 6.07) is 0.650. The van der Waals surface area contributed by atoms with E-state index in [0.29, 0.717) is 18.5 Å². The second-order valence-electron chi connectivity index (χ2n) is 5.77. The highest BCUT2D eigenvalue weighted by atomic mass is 16.3. The Kier molecular flexibility index (Phi) is 5.22. The smallest absolute Gasteiger partial charge is 0.0766 e. The molecule has 1 heterocycles. The fourth-order valence-electron chi connectivity index (χ4n) is 2.10. The zero-order valence-electron chi connectivity index (χ0n) is 11.3. The van der Waals surface area contributed by atoms with Gasteiger partial charge in [-0.15, -0.1) is 0 Å². The third kappa shape index (κ3) is 4.04. The van der Waals surface area contributed by atoms with Crippen molar-refractivity contribution in [1.82, 2.24) is 10.2 Å². The first-order valence-electron chi connectivity index (χ1n) is 6.57. The molecule has 0 aliphatic carbocycles. The van der Waals surface area contributed by atoms with Crippen molar-refractivity contribution in [2.75, 3.05) is 26.7 Å². The van der Waals surface area contributed by atoms with Crippen molar-refractivity contribution in [3.05, 3.63) is 0 Å². The molecule has 0 saturated carbocycles. The quantitative estimate of drug-likeness (QED) is 0.748. The predicted octanol–water partition coefficient (Wildman–Crippen LogP) is 1.47. The summed E-state index contributed by atoms with van der Waals surface area (Å²) < 4.78 is 0. The summed E-state index contributed by atoms with van der Waals surface area (Å²) in [5.41, 5.74) is -0.590. The highest BCUT2D eigenvalue weighted by molar-refractivity contribution is 4.82. The number of aliphatic hydroxyl groups is 1. The first-order valence-corrected chi connectivity index (χ1v) is 6.57. The minimum absolute atomic E-state index is 0.295. The lowest BCUT2D eigenvalue weighted by atomic mass is 9.92. The molecule has 0 radical (unpaired) electrons. The molecule has 3 nitrogen and oxygen atoms in total. The Hall–Kier alpha value is -0.120. The second-order valence-corrected chi connectivity index (χ2v) is 5.77. The molecule has 2 atom stereocenters. The summed E-state index contributed by atoms with van der Waals surface area (Å²) in [6.45, 7) is 8.94. The van der Waals surface area contributed by atoms with Crippen molar-refractivity contribution in [2.24, 2.45) is 5.92 Å². The summed E-state index contributed by atoms with van der Waals surface area (Å²) in [6.07, 6.45) is 3.96. The molecule has 1 aliphatic rings. The number of nitrogens with zero attached hydrogens (tertiary/aromatic N) is 1. The lowest BCUT2D eigenvalue weighted by Crippen LogP contribution is -2.48. The SMILES string of the molecule is CC(C)C(C)(O)CNCC1CCCCN1C. The molecule has 1 fully saturated rings. The van der Waals surface area contributed by atoms with Crippen molar-refractivity contribution in [3.63, 3.8) is 0 Å². The van der Waals surface area contributed by atoms with Gasteiger partial charge < -0.3 is 15.3 Å². The molecule has 0 bridgehead atoms. The average Bonchev–Trinajstić information content (AvgIpc) is 2.20. The summed E-state index contributed by atoms with van der Waals surface area (Å²) in [5, 5.41) is 13.5. The molecular formula is C13H28N2O. The van der Waals surface area contributed by atoms with Crippen LogP contribution in [-0.4, -0.2) is 48.3 Å². The van der Waals surface area contributed by atoms with Crippen molar-refractivity contribution in [2.45, 2.75) is 51.7 Å². The molecular weight excluding hydrogens is 200 g/mol. The summed E-state index contributed by atoms with van der Waals surface area (Å²) in [4.78, 5) is 2.43. The molecule has 16 heavy (non-hydrogen) atoms. The summed E-state index contributed by atoms with van der Waals surface area (Å²) in [5.74, 6) is 0.295. The summed E-state index contributed by atoms with van der Waals surface area (Å²) in [7, 11) is 2.20. The van der Waals surface area contributed by atoms with E-state index in [9.17, 15) is 5.11 Å². The zero-order chi connectivity index (χ0) is 12.2. The van der Waals surface area contributed by atoms with E-state index in [4.69, 9.17) is 0 Å². The van der Waals surface area contributed by atoms with Gasteiger partial charge in [0.2, 0.25) is 0 Å². The van der Waals surface area contributed by atoms with Crippen LogP contribution in [0.5, 0.6) is 0 Å². The number of hydrogen-bond donors (Lipinski definition) is 2. The van der Waals surface area contributed by atoms with E-state index in [1.807, 2.05) is 6.92 Å². The van der Waals surface area contributed by atoms with Crippen molar-refractivity contribution in [3.8, 4) is 0 Å². The molecule has 2 unspecified atom stereocenters. The molecule has 1 rings (SSSR count). The van der Waals surface area contributed by atoms with Crippen LogP contribution < -0.4 is 5.32 Å². The Balaban J connectivity index is 2.24. The molecule has 96 valence electrons. The number of likely N-dealkylation sites (N-methyl/N-ethyl adjacent to an activating group) is 1. The summed E-state index contributed by atoms with van der Waals surface area (Å²) >= 11 is 0. The maximum Gasteiger partial charge on any atom is 0.0766 e. The molecule has 0 aromatic heterocycles. The Morgan fingerprint density at radius 2 is 2.12 bits per heavy atom. The molecule has 3 heteroatoms. The molecule has 2 N–H and O–H groups in total. The van der Waals surface area contributed by atoms with Crippen LogP contribution in [0.3, 0.4) is 0 Å². The molecule has 0 aromatic rings. The van der Waals surface area contributed by atoms with Gasteiger partial charge in [-0.25, -0.2) is 0 Å². The third-order valence-corrected chi connectivity index (χ3v) is 4.03. The monoisotopic (exact) mass is 228 g/mol.